The molecule has 0 heterocycles. The van der Waals surface area contributed by atoms with Crippen LogP contribution in [0.2, 0.25) is 5.02 Å². The van der Waals surface area contributed by atoms with Gasteiger partial charge in [-0.2, -0.15) is 0 Å². The zero-order chi connectivity index (χ0) is 14.2. The van der Waals surface area contributed by atoms with Crippen LogP contribution in [0.4, 0.5) is 0 Å². The van der Waals surface area contributed by atoms with Crippen molar-refractivity contribution in [2.24, 2.45) is 0 Å². The molecule has 0 saturated heterocycles. The fourth-order valence-electron chi connectivity index (χ4n) is 2.85. The zero-order valence-corrected chi connectivity index (χ0v) is 12.4. The molecule has 0 spiro atoms. The third-order valence-electron chi connectivity index (χ3n) is 3.69. The second-order valence-electron chi connectivity index (χ2n) is 6.09. The SMILES string of the molecule is CC(C)(C)N(CC(=O)O)C1CCc2cc(Cl)ccc21. The first-order chi connectivity index (χ1) is 8.79. The van der Waals surface area contributed by atoms with Gasteiger partial charge >= 0.3 is 5.97 Å². The van der Waals surface area contributed by atoms with Crippen LogP contribution in [-0.4, -0.2) is 28.1 Å². The first kappa shape index (κ1) is 14.4. The highest BCUT2D eigenvalue weighted by molar-refractivity contribution is 6.30. The molecule has 1 N–H and O–H groups in total. The van der Waals surface area contributed by atoms with E-state index in [-0.39, 0.29) is 18.1 Å². The number of rotatable bonds is 3. The quantitative estimate of drug-likeness (QED) is 0.922. The van der Waals surface area contributed by atoms with Crippen molar-refractivity contribution < 1.29 is 9.90 Å². The number of carboxylic acids is 1. The summed E-state index contributed by atoms with van der Waals surface area (Å²) in [6.07, 6.45) is 1.92. The number of fused-ring (bicyclic) bond motifs is 1. The van der Waals surface area contributed by atoms with E-state index in [4.69, 9.17) is 16.7 Å². The molecule has 0 saturated carbocycles. The van der Waals surface area contributed by atoms with Gasteiger partial charge in [0.05, 0.1) is 6.54 Å². The Hall–Kier alpha value is -1.06. The minimum atomic E-state index is -0.780. The van der Waals surface area contributed by atoms with Gasteiger partial charge in [-0.1, -0.05) is 17.7 Å². The van der Waals surface area contributed by atoms with E-state index in [0.29, 0.717) is 0 Å². The highest BCUT2D eigenvalue weighted by Gasteiger charge is 2.35. The lowest BCUT2D eigenvalue weighted by Gasteiger charge is -2.39. The molecule has 0 amide bonds. The van der Waals surface area contributed by atoms with Crippen molar-refractivity contribution in [3.8, 4) is 0 Å². The Balaban J connectivity index is 2.33. The Bertz CT molecular complexity index is 493. The van der Waals surface area contributed by atoms with Gasteiger partial charge in [0, 0.05) is 16.6 Å². The van der Waals surface area contributed by atoms with Crippen LogP contribution in [0, 0.1) is 0 Å². The topological polar surface area (TPSA) is 40.5 Å². The number of hydrogen-bond donors (Lipinski definition) is 1. The summed E-state index contributed by atoms with van der Waals surface area (Å²) in [7, 11) is 0. The van der Waals surface area contributed by atoms with Crippen LogP contribution in [0.5, 0.6) is 0 Å². The summed E-state index contributed by atoms with van der Waals surface area (Å²) in [6, 6.07) is 6.10. The molecule has 1 atom stereocenters. The second-order valence-corrected chi connectivity index (χ2v) is 6.53. The van der Waals surface area contributed by atoms with Crippen LogP contribution in [0.3, 0.4) is 0 Å². The van der Waals surface area contributed by atoms with Gasteiger partial charge in [-0.15, -0.1) is 0 Å². The molecule has 1 aromatic carbocycles. The molecule has 1 unspecified atom stereocenters. The summed E-state index contributed by atoms with van der Waals surface area (Å²) in [6.45, 7) is 6.24. The predicted molar refractivity (Wildman–Crippen MR) is 76.6 cm³/mol. The van der Waals surface area contributed by atoms with E-state index in [0.717, 1.165) is 17.9 Å². The van der Waals surface area contributed by atoms with E-state index in [1.807, 2.05) is 18.2 Å². The highest BCUT2D eigenvalue weighted by atomic mass is 35.5. The standard InChI is InChI=1S/C15H20ClNO2/c1-15(2,3)17(9-14(18)19)13-7-4-10-8-11(16)5-6-12(10)13/h5-6,8,13H,4,7,9H2,1-3H3,(H,18,19). The molecule has 1 aromatic rings. The summed E-state index contributed by atoms with van der Waals surface area (Å²) < 4.78 is 0. The van der Waals surface area contributed by atoms with Gasteiger partial charge in [-0.25, -0.2) is 0 Å². The van der Waals surface area contributed by atoms with Crippen molar-refractivity contribution in [3.63, 3.8) is 0 Å². The normalized spacial score (nSPS) is 18.7. The summed E-state index contributed by atoms with van der Waals surface area (Å²) >= 11 is 6.02. The van der Waals surface area contributed by atoms with Crippen LogP contribution in [0.25, 0.3) is 0 Å². The molecule has 104 valence electrons. The number of hydrogen-bond acceptors (Lipinski definition) is 2. The highest BCUT2D eigenvalue weighted by Crippen LogP contribution is 2.39. The smallest absolute Gasteiger partial charge is 0.317 e. The molecule has 0 aliphatic heterocycles. The van der Waals surface area contributed by atoms with E-state index >= 15 is 0 Å². The molecule has 4 heteroatoms. The van der Waals surface area contributed by atoms with Crippen LogP contribution >= 0.6 is 11.6 Å². The molecular formula is C15H20ClNO2. The number of nitrogens with zero attached hydrogens (tertiary/aromatic N) is 1. The van der Waals surface area contributed by atoms with E-state index in [1.54, 1.807) is 0 Å². The van der Waals surface area contributed by atoms with E-state index in [9.17, 15) is 4.79 Å². The van der Waals surface area contributed by atoms with Crippen molar-refractivity contribution in [1.82, 2.24) is 4.90 Å². The van der Waals surface area contributed by atoms with Crippen molar-refractivity contribution >= 4 is 17.6 Å². The van der Waals surface area contributed by atoms with Crippen LogP contribution < -0.4 is 0 Å². The zero-order valence-electron chi connectivity index (χ0n) is 11.6. The molecular weight excluding hydrogens is 262 g/mol. The number of carboxylic acid groups (broad SMARTS) is 1. The third kappa shape index (κ3) is 3.10. The molecule has 0 aromatic heterocycles. The minimum absolute atomic E-state index is 0.0657. The van der Waals surface area contributed by atoms with Crippen LogP contribution in [-0.2, 0) is 11.2 Å². The molecule has 19 heavy (non-hydrogen) atoms. The lowest BCUT2D eigenvalue weighted by molar-refractivity contribution is -0.140. The summed E-state index contributed by atoms with van der Waals surface area (Å²) in [4.78, 5) is 13.2. The van der Waals surface area contributed by atoms with Gasteiger partial charge in [0.1, 0.15) is 0 Å². The molecule has 1 aliphatic rings. The van der Waals surface area contributed by atoms with Gasteiger partial charge in [-0.05, 0) is 56.9 Å². The lowest BCUT2D eigenvalue weighted by atomic mass is 9.99. The third-order valence-corrected chi connectivity index (χ3v) is 3.93. The number of benzene rings is 1. The second kappa shape index (κ2) is 5.14. The number of halogens is 1. The summed E-state index contributed by atoms with van der Waals surface area (Å²) in [5, 5.41) is 9.89. The maximum atomic E-state index is 11.1. The Kier molecular flexibility index (Phi) is 3.88. The van der Waals surface area contributed by atoms with E-state index in [2.05, 4.69) is 25.7 Å². The minimum Gasteiger partial charge on any atom is -0.480 e. The lowest BCUT2D eigenvalue weighted by Crippen LogP contribution is -2.46. The molecule has 0 fully saturated rings. The largest absolute Gasteiger partial charge is 0.480 e. The molecule has 1 aliphatic carbocycles. The molecule has 2 rings (SSSR count). The van der Waals surface area contributed by atoms with Crippen molar-refractivity contribution in [3.05, 3.63) is 34.3 Å². The first-order valence-corrected chi connectivity index (χ1v) is 6.93. The predicted octanol–water partition coefficient (Wildman–Crippen LogP) is 3.51. The molecule has 0 radical (unpaired) electrons. The van der Waals surface area contributed by atoms with Crippen molar-refractivity contribution in [1.29, 1.82) is 0 Å². The molecule has 0 bridgehead atoms. The average Bonchev–Trinajstić information content (AvgIpc) is 2.66. The average molecular weight is 282 g/mol. The van der Waals surface area contributed by atoms with Crippen LogP contribution in [0.1, 0.15) is 44.4 Å². The molecule has 3 nitrogen and oxygen atoms in total. The van der Waals surface area contributed by atoms with Gasteiger partial charge in [0.15, 0.2) is 0 Å². The summed E-state index contributed by atoms with van der Waals surface area (Å²) in [5.74, 6) is -0.780. The number of aryl methyl sites for hydroxylation is 1. The Morgan fingerprint density at radius 3 is 2.74 bits per heavy atom. The van der Waals surface area contributed by atoms with Crippen molar-refractivity contribution in [2.75, 3.05) is 6.54 Å². The Morgan fingerprint density at radius 2 is 2.16 bits per heavy atom. The Morgan fingerprint density at radius 1 is 1.47 bits per heavy atom. The summed E-state index contributed by atoms with van der Waals surface area (Å²) in [5.41, 5.74) is 2.29. The van der Waals surface area contributed by atoms with E-state index in [1.165, 1.54) is 11.1 Å². The van der Waals surface area contributed by atoms with Crippen molar-refractivity contribution in [2.45, 2.75) is 45.2 Å². The van der Waals surface area contributed by atoms with Gasteiger partial charge < -0.3 is 5.11 Å². The van der Waals surface area contributed by atoms with Gasteiger partial charge in [0.25, 0.3) is 0 Å². The first-order valence-electron chi connectivity index (χ1n) is 6.56. The van der Waals surface area contributed by atoms with Crippen LogP contribution in [0.15, 0.2) is 18.2 Å². The fraction of sp³-hybridized carbons (Fsp3) is 0.533. The Labute approximate surface area is 119 Å². The maximum Gasteiger partial charge on any atom is 0.317 e. The monoisotopic (exact) mass is 281 g/mol. The van der Waals surface area contributed by atoms with Gasteiger partial charge in [0.2, 0.25) is 0 Å². The number of aliphatic carboxylic acids is 1. The van der Waals surface area contributed by atoms with Gasteiger partial charge in [-0.3, -0.25) is 9.69 Å². The maximum absolute atomic E-state index is 11.1. The fourth-order valence-corrected chi connectivity index (χ4v) is 3.04. The van der Waals surface area contributed by atoms with E-state index < -0.39 is 5.97 Å². The number of carbonyl (C=O) groups is 1.